The Morgan fingerprint density at radius 1 is 0.709 bits per heavy atom. The van der Waals surface area contributed by atoms with Crippen molar-refractivity contribution in [2.75, 3.05) is 30.1 Å². The molecule has 0 saturated heterocycles. The standard InChI is InChI=1S/C45H40N10O16S6.CH4O3S.O3S/c1-23-13-35(38(72-10-6-12-75(62,63)64)19-32(23)49-54-45-48-41-39(77(68,69)70)17-28-25(21-56)14-27(76(65,66)67)16-29(28)42(41)73-45)52-50-33-18-37(71-9-5-11-74(59,60)61)34(15-26(33)22-57)51-53-40-24(2)30(20-46)43-47-31-7-3-4-8-36(31)55(43)44(40)58;1-5(2,3)4;1-4(2)3/h3-4,7-8,13-19,56-58H,5-6,9-12,21-22H2,1-2H3,(H,59,60,61)(H,62,63,64)(H,65,66,67)(H,68,69,70);1H3,(H,2,3,4);. The van der Waals surface area contributed by atoms with E-state index in [2.05, 4.69) is 46.7 Å². The number of nitrogens with zero attached hydrogens (tertiary/aromatic N) is 10. The van der Waals surface area contributed by atoms with Crippen molar-refractivity contribution in [3.05, 3.63) is 94.5 Å². The SMILES string of the molecule is CS(=O)(=O)O.Cc1cc(N=Nc2cc(OCCCS(=O)(=O)O)c(N=Nc3c(C)c(C#N)c4nc5ccccc5n4c3O)cc2CO)c(SCCCS(=O)(=O)O)cc1N=Nc1nc2c(S(=O)(=O)O)cc3c(CO)cc(S(=O)(=O)O)cc3c2s1.O=S(=O)=O. The van der Waals surface area contributed by atoms with Gasteiger partial charge in [0.05, 0.1) is 75.3 Å². The van der Waals surface area contributed by atoms with Gasteiger partial charge < -0.3 is 20.1 Å². The lowest BCUT2D eigenvalue weighted by Crippen LogP contribution is -2.08. The van der Waals surface area contributed by atoms with Gasteiger partial charge in [0.15, 0.2) is 11.3 Å². The molecule has 0 bridgehead atoms. The number of aromatic hydroxyl groups is 1. The fourth-order valence-corrected chi connectivity index (χ4v) is 12.1. The quantitative estimate of drug-likeness (QED) is 0.0157. The summed E-state index contributed by atoms with van der Waals surface area (Å²) >= 11 is 1.82. The number of thioether (sulfide) groups is 1. The van der Waals surface area contributed by atoms with Crippen LogP contribution in [0.3, 0.4) is 0 Å². The van der Waals surface area contributed by atoms with E-state index in [1.54, 1.807) is 31.2 Å². The summed E-state index contributed by atoms with van der Waals surface area (Å²) in [4.78, 5) is 7.77. The summed E-state index contributed by atoms with van der Waals surface area (Å²) in [6.45, 7) is 1.41. The van der Waals surface area contributed by atoms with E-state index in [-0.39, 0.29) is 113 Å². The molecule has 0 spiro atoms. The molecule has 0 aliphatic carbocycles. The molecule has 3 aromatic heterocycles. The first kappa shape index (κ1) is 67.7. The highest BCUT2D eigenvalue weighted by atomic mass is 32.2. The molecule has 86 heavy (non-hydrogen) atoms. The van der Waals surface area contributed by atoms with E-state index in [0.717, 1.165) is 41.3 Å². The number of hydrogen-bond donors (Lipinski definition) is 8. The smallest absolute Gasteiger partial charge is 0.425 e. The van der Waals surface area contributed by atoms with Crippen LogP contribution in [0.25, 0.3) is 37.7 Å². The lowest BCUT2D eigenvalue weighted by Gasteiger charge is -2.13. The Balaban J connectivity index is 0.00000122. The van der Waals surface area contributed by atoms with Crippen LogP contribution in [-0.4, -0.2) is 137 Å². The molecule has 5 aromatic carbocycles. The van der Waals surface area contributed by atoms with Gasteiger partial charge in [-0.25, -0.2) is 9.97 Å². The van der Waals surface area contributed by atoms with Crippen LogP contribution >= 0.6 is 23.1 Å². The summed E-state index contributed by atoms with van der Waals surface area (Å²) in [6.07, 6.45) is 0.505. The predicted molar refractivity (Wildman–Crippen MR) is 308 cm³/mol. The van der Waals surface area contributed by atoms with E-state index in [0.29, 0.717) is 27.7 Å². The summed E-state index contributed by atoms with van der Waals surface area (Å²) in [5.74, 6) is -1.61. The minimum absolute atomic E-state index is 0.000453. The first-order valence-electron chi connectivity index (χ1n) is 23.5. The van der Waals surface area contributed by atoms with Crippen molar-refractivity contribution in [1.82, 2.24) is 14.4 Å². The van der Waals surface area contributed by atoms with E-state index < -0.39 is 102 Å². The molecule has 3 heterocycles. The minimum Gasteiger partial charge on any atom is -0.493 e. The zero-order valence-corrected chi connectivity index (χ0v) is 50.6. The number of aliphatic hydroxyl groups is 2. The van der Waals surface area contributed by atoms with Crippen molar-refractivity contribution in [2.45, 2.75) is 54.6 Å². The van der Waals surface area contributed by atoms with Crippen molar-refractivity contribution in [2.24, 2.45) is 30.7 Å². The summed E-state index contributed by atoms with van der Waals surface area (Å²) in [5, 5.41) is 68.1. The molecular formula is C46H44N10O22S8. The number of ether oxygens (including phenoxy) is 1. The van der Waals surface area contributed by atoms with Gasteiger partial charge >= 0.3 is 10.6 Å². The summed E-state index contributed by atoms with van der Waals surface area (Å²) in [7, 11) is -25.3. The molecule has 0 radical (unpaired) electrons. The first-order valence-corrected chi connectivity index (χ1v) is 34.3. The lowest BCUT2D eigenvalue weighted by molar-refractivity contribution is 0.281. The maximum atomic E-state index is 12.6. The number of aliphatic hydroxyl groups excluding tert-OH is 2. The monoisotopic (exact) mass is 1340 g/mol. The molecule has 0 aliphatic heterocycles. The number of hydrogen-bond acceptors (Lipinski definition) is 28. The van der Waals surface area contributed by atoms with Crippen LogP contribution in [0, 0.1) is 25.2 Å². The molecule has 8 N–H and O–H groups in total. The Kier molecular flexibility index (Phi) is 21.6. The second-order valence-corrected chi connectivity index (χ2v) is 27.5. The Bertz CT molecular complexity index is 4850. The Morgan fingerprint density at radius 3 is 1.92 bits per heavy atom. The first-order chi connectivity index (χ1) is 40.0. The maximum absolute atomic E-state index is 12.6. The molecule has 0 fully saturated rings. The van der Waals surface area contributed by atoms with Crippen LogP contribution in [0.4, 0.5) is 33.6 Å². The molecule has 8 aromatic rings. The summed E-state index contributed by atoms with van der Waals surface area (Å²) in [5.41, 5.74) is 1.73. The van der Waals surface area contributed by atoms with E-state index in [9.17, 15) is 80.9 Å². The zero-order chi connectivity index (χ0) is 63.9. The number of imidazole rings is 1. The fraction of sp³-hybridized carbons (Fsp3) is 0.239. The lowest BCUT2D eigenvalue weighted by atomic mass is 10.0. The van der Waals surface area contributed by atoms with Crippen LogP contribution in [0.15, 0.2) is 112 Å². The van der Waals surface area contributed by atoms with Crippen molar-refractivity contribution in [1.29, 1.82) is 5.26 Å². The topological polar surface area (TPSA) is 521 Å². The van der Waals surface area contributed by atoms with Crippen LogP contribution in [0.1, 0.15) is 40.7 Å². The van der Waals surface area contributed by atoms with E-state index >= 15 is 0 Å². The third-order valence-electron chi connectivity index (χ3n) is 11.4. The number of para-hydroxylation sites is 2. The second kappa shape index (κ2) is 27.5. The molecule has 0 saturated carbocycles. The molecule has 0 unspecified atom stereocenters. The molecule has 8 rings (SSSR count). The van der Waals surface area contributed by atoms with Gasteiger partial charge in [-0.3, -0.25) is 27.2 Å². The van der Waals surface area contributed by atoms with Crippen LogP contribution in [-0.2, 0) is 74.4 Å². The van der Waals surface area contributed by atoms with Crippen molar-refractivity contribution in [3.63, 3.8) is 0 Å². The number of nitriles is 1. The minimum atomic E-state index is -4.98. The Labute approximate surface area is 497 Å². The van der Waals surface area contributed by atoms with Gasteiger partial charge in [0.25, 0.3) is 50.6 Å². The van der Waals surface area contributed by atoms with Gasteiger partial charge in [0.2, 0.25) is 11.0 Å². The van der Waals surface area contributed by atoms with Crippen molar-refractivity contribution >= 4 is 156 Å². The molecule has 458 valence electrons. The van der Waals surface area contributed by atoms with Gasteiger partial charge in [0, 0.05) is 27.5 Å². The van der Waals surface area contributed by atoms with Crippen molar-refractivity contribution < 1.29 is 97.5 Å². The average molecular weight is 1350 g/mol. The van der Waals surface area contributed by atoms with Gasteiger partial charge in [-0.05, 0) is 97.5 Å². The summed E-state index contributed by atoms with van der Waals surface area (Å²) < 4.78 is 193. The normalized spacial score (nSPS) is 12.5. The third kappa shape index (κ3) is 17.8. The number of aryl methyl sites for hydroxylation is 1. The van der Waals surface area contributed by atoms with E-state index in [1.165, 1.54) is 35.6 Å². The van der Waals surface area contributed by atoms with Crippen molar-refractivity contribution in [3.8, 4) is 17.7 Å². The number of thiazole rings is 1. The Morgan fingerprint density at radius 2 is 1.31 bits per heavy atom. The molecule has 0 aliphatic rings. The highest BCUT2D eigenvalue weighted by Crippen LogP contribution is 2.44. The molecule has 0 atom stereocenters. The largest absolute Gasteiger partial charge is 0.493 e. The molecule has 32 nitrogen and oxygen atoms in total. The van der Waals surface area contributed by atoms with Gasteiger partial charge in [-0.15, -0.1) is 50.0 Å². The van der Waals surface area contributed by atoms with Crippen LogP contribution in [0.5, 0.6) is 11.6 Å². The van der Waals surface area contributed by atoms with E-state index in [1.807, 2.05) is 0 Å². The maximum Gasteiger partial charge on any atom is 0.425 e. The van der Waals surface area contributed by atoms with Gasteiger partial charge in [-0.1, -0.05) is 23.5 Å². The highest BCUT2D eigenvalue weighted by molar-refractivity contribution is 7.99. The number of fused-ring (bicyclic) bond motifs is 6. The second-order valence-electron chi connectivity index (χ2n) is 17.6. The summed E-state index contributed by atoms with van der Waals surface area (Å²) in [6, 6.07) is 17.6. The number of pyridine rings is 1. The third-order valence-corrected chi connectivity index (χ3v) is 16.8. The number of azo groups is 3. The Hall–Kier alpha value is -7.47. The van der Waals surface area contributed by atoms with Crippen LogP contribution < -0.4 is 4.74 Å². The zero-order valence-electron chi connectivity index (χ0n) is 44.0. The highest BCUT2D eigenvalue weighted by Gasteiger charge is 2.25. The predicted octanol–water partition coefficient (Wildman–Crippen LogP) is 7.70. The molecule has 40 heteroatoms. The van der Waals surface area contributed by atoms with Crippen LogP contribution in [0.2, 0.25) is 0 Å². The van der Waals surface area contributed by atoms with E-state index in [4.69, 9.17) is 21.9 Å². The average Bonchev–Trinajstić information content (AvgIpc) is 1.65. The fourth-order valence-electron chi connectivity index (χ4n) is 7.77. The van der Waals surface area contributed by atoms with Gasteiger partial charge in [-0.2, -0.15) is 52.5 Å². The molecule has 0 amide bonds. The molecular weight excluding hydrogens is 1300 g/mol. The number of aromatic nitrogens is 3. The number of rotatable bonds is 20. The number of benzene rings is 5. The van der Waals surface area contributed by atoms with Gasteiger partial charge in [0.1, 0.15) is 33.5 Å².